The van der Waals surface area contributed by atoms with Crippen LogP contribution >= 0.6 is 0 Å². The molecule has 1 amide bonds. The van der Waals surface area contributed by atoms with Crippen molar-refractivity contribution >= 4 is 15.9 Å². The molecule has 0 aliphatic rings. The second-order valence-corrected chi connectivity index (χ2v) is 9.17. The first-order valence-electron chi connectivity index (χ1n) is 10.6. The van der Waals surface area contributed by atoms with Crippen LogP contribution in [-0.4, -0.2) is 38.3 Å². The SMILES string of the molecule is COc1ccc(-c2nn(-c3ccccc3)cc2C(=O)NCc2ccc(S(N)(=O)=O)cc2)c(OC)c1. The van der Waals surface area contributed by atoms with Crippen LogP contribution in [0.15, 0.2) is 83.9 Å². The lowest BCUT2D eigenvalue weighted by atomic mass is 10.1. The number of nitrogens with two attached hydrogens (primary N) is 1. The number of ether oxygens (including phenoxy) is 2. The second kappa shape index (κ2) is 10.00. The summed E-state index contributed by atoms with van der Waals surface area (Å²) in [5.41, 5.74) is 2.92. The highest BCUT2D eigenvalue weighted by atomic mass is 32.2. The maximum Gasteiger partial charge on any atom is 0.255 e. The fraction of sp³-hybridized carbons (Fsp3) is 0.120. The summed E-state index contributed by atoms with van der Waals surface area (Å²) in [4.78, 5) is 13.3. The molecular weight excluding hydrogens is 468 g/mol. The molecule has 0 aliphatic heterocycles. The third-order valence-electron chi connectivity index (χ3n) is 5.35. The minimum atomic E-state index is -3.78. The Morgan fingerprint density at radius 3 is 2.34 bits per heavy atom. The highest BCUT2D eigenvalue weighted by Gasteiger charge is 2.22. The lowest BCUT2D eigenvalue weighted by molar-refractivity contribution is 0.0951. The van der Waals surface area contributed by atoms with Gasteiger partial charge in [0.15, 0.2) is 0 Å². The van der Waals surface area contributed by atoms with Gasteiger partial charge in [-0.05, 0) is 42.0 Å². The number of para-hydroxylation sites is 1. The third kappa shape index (κ3) is 5.34. The van der Waals surface area contributed by atoms with Gasteiger partial charge in [0.2, 0.25) is 10.0 Å². The Kier molecular flexibility index (Phi) is 6.85. The first-order chi connectivity index (χ1) is 16.8. The van der Waals surface area contributed by atoms with Gasteiger partial charge in [-0.25, -0.2) is 18.2 Å². The van der Waals surface area contributed by atoms with Crippen LogP contribution in [0, 0.1) is 0 Å². The van der Waals surface area contributed by atoms with E-state index in [9.17, 15) is 13.2 Å². The van der Waals surface area contributed by atoms with Crippen molar-refractivity contribution in [2.75, 3.05) is 14.2 Å². The number of carbonyl (C=O) groups excluding carboxylic acids is 1. The van der Waals surface area contributed by atoms with E-state index in [0.29, 0.717) is 33.9 Å². The zero-order valence-corrected chi connectivity index (χ0v) is 20.0. The summed E-state index contributed by atoms with van der Waals surface area (Å²) in [6.07, 6.45) is 1.66. The summed E-state index contributed by atoms with van der Waals surface area (Å²) in [6.45, 7) is 0.180. The van der Waals surface area contributed by atoms with Crippen LogP contribution in [0.1, 0.15) is 15.9 Å². The maximum atomic E-state index is 13.3. The van der Waals surface area contributed by atoms with Gasteiger partial charge < -0.3 is 14.8 Å². The molecule has 0 unspecified atom stereocenters. The van der Waals surface area contributed by atoms with Gasteiger partial charge in [-0.2, -0.15) is 5.10 Å². The fourth-order valence-corrected chi connectivity index (χ4v) is 4.04. The van der Waals surface area contributed by atoms with Gasteiger partial charge in [-0.3, -0.25) is 4.79 Å². The number of aromatic nitrogens is 2. The van der Waals surface area contributed by atoms with Crippen LogP contribution < -0.4 is 19.9 Å². The number of rotatable bonds is 8. The largest absolute Gasteiger partial charge is 0.497 e. The van der Waals surface area contributed by atoms with Crippen molar-refractivity contribution in [1.82, 2.24) is 15.1 Å². The number of hydrogen-bond donors (Lipinski definition) is 2. The van der Waals surface area contributed by atoms with E-state index in [1.165, 1.54) is 19.2 Å². The topological polar surface area (TPSA) is 126 Å². The van der Waals surface area contributed by atoms with Crippen molar-refractivity contribution in [1.29, 1.82) is 0 Å². The molecule has 0 bridgehead atoms. The van der Waals surface area contributed by atoms with E-state index in [2.05, 4.69) is 10.4 Å². The van der Waals surface area contributed by atoms with Gasteiger partial charge in [0.1, 0.15) is 17.2 Å². The maximum absolute atomic E-state index is 13.3. The number of carbonyl (C=O) groups is 1. The highest BCUT2D eigenvalue weighted by Crippen LogP contribution is 2.34. The average Bonchev–Trinajstić information content (AvgIpc) is 3.32. The summed E-state index contributed by atoms with van der Waals surface area (Å²) in [5, 5.41) is 12.7. The predicted octanol–water partition coefficient (Wildman–Crippen LogP) is 3.13. The van der Waals surface area contributed by atoms with Crippen molar-refractivity contribution in [2.24, 2.45) is 5.14 Å². The van der Waals surface area contributed by atoms with Crippen LogP contribution in [0.3, 0.4) is 0 Å². The Labute approximate surface area is 203 Å². The number of nitrogens with zero attached hydrogens (tertiary/aromatic N) is 2. The zero-order valence-electron chi connectivity index (χ0n) is 19.1. The normalized spacial score (nSPS) is 11.2. The summed E-state index contributed by atoms with van der Waals surface area (Å²) >= 11 is 0. The predicted molar refractivity (Wildman–Crippen MR) is 131 cm³/mol. The monoisotopic (exact) mass is 492 g/mol. The molecule has 0 radical (unpaired) electrons. The van der Waals surface area contributed by atoms with Gasteiger partial charge in [-0.1, -0.05) is 30.3 Å². The van der Waals surface area contributed by atoms with E-state index in [1.807, 2.05) is 30.3 Å². The van der Waals surface area contributed by atoms with Crippen LogP contribution in [0.4, 0.5) is 0 Å². The van der Waals surface area contributed by atoms with Gasteiger partial charge in [0.05, 0.1) is 30.4 Å². The Bertz CT molecular complexity index is 1450. The molecule has 1 aromatic heterocycles. The number of benzene rings is 3. The lowest BCUT2D eigenvalue weighted by Gasteiger charge is -2.10. The van der Waals surface area contributed by atoms with Crippen LogP contribution in [0.2, 0.25) is 0 Å². The summed E-state index contributed by atoms with van der Waals surface area (Å²) in [6, 6.07) is 20.7. The van der Waals surface area contributed by atoms with E-state index in [0.717, 1.165) is 5.69 Å². The van der Waals surface area contributed by atoms with E-state index < -0.39 is 10.0 Å². The van der Waals surface area contributed by atoms with E-state index in [4.69, 9.17) is 14.6 Å². The standard InChI is InChI=1S/C25H24N4O5S/c1-33-19-10-13-21(23(14-19)34-2)24-22(16-29(28-24)18-6-4-3-5-7-18)25(30)27-15-17-8-11-20(12-9-17)35(26,31)32/h3-14,16H,15H2,1-2H3,(H,27,30)(H2,26,31,32). The van der Waals surface area contributed by atoms with E-state index in [-0.39, 0.29) is 17.3 Å². The molecule has 0 atom stereocenters. The quantitative estimate of drug-likeness (QED) is 0.389. The molecule has 0 fully saturated rings. The number of nitrogens with one attached hydrogen (secondary N) is 1. The van der Waals surface area contributed by atoms with Crippen molar-refractivity contribution in [3.05, 3.63) is 90.1 Å². The van der Waals surface area contributed by atoms with Crippen LogP contribution in [0.25, 0.3) is 16.9 Å². The van der Waals surface area contributed by atoms with Crippen LogP contribution in [-0.2, 0) is 16.6 Å². The Hall–Kier alpha value is -4.15. The number of sulfonamides is 1. The fourth-order valence-electron chi connectivity index (χ4n) is 3.52. The summed E-state index contributed by atoms with van der Waals surface area (Å²) in [7, 11) is -0.683. The molecule has 0 aliphatic carbocycles. The Morgan fingerprint density at radius 2 is 1.71 bits per heavy atom. The highest BCUT2D eigenvalue weighted by molar-refractivity contribution is 7.89. The van der Waals surface area contributed by atoms with Gasteiger partial charge in [0, 0.05) is 24.4 Å². The molecule has 9 nitrogen and oxygen atoms in total. The Balaban J connectivity index is 1.68. The van der Waals surface area contributed by atoms with E-state index in [1.54, 1.807) is 48.3 Å². The molecule has 4 rings (SSSR count). The summed E-state index contributed by atoms with van der Waals surface area (Å²) in [5.74, 6) is 0.771. The molecule has 10 heteroatoms. The van der Waals surface area contributed by atoms with Crippen molar-refractivity contribution in [3.63, 3.8) is 0 Å². The molecular formula is C25H24N4O5S. The molecule has 0 saturated heterocycles. The third-order valence-corrected chi connectivity index (χ3v) is 6.28. The molecule has 0 saturated carbocycles. The van der Waals surface area contributed by atoms with E-state index >= 15 is 0 Å². The molecule has 1 heterocycles. The number of methoxy groups -OCH3 is 2. The van der Waals surface area contributed by atoms with Crippen molar-refractivity contribution in [3.8, 4) is 28.4 Å². The summed E-state index contributed by atoms with van der Waals surface area (Å²) < 4.78 is 35.4. The molecule has 4 aromatic rings. The second-order valence-electron chi connectivity index (χ2n) is 7.61. The zero-order chi connectivity index (χ0) is 25.0. The number of hydrogen-bond acceptors (Lipinski definition) is 6. The van der Waals surface area contributed by atoms with Gasteiger partial charge >= 0.3 is 0 Å². The minimum Gasteiger partial charge on any atom is -0.497 e. The molecule has 180 valence electrons. The van der Waals surface area contributed by atoms with Crippen molar-refractivity contribution < 1.29 is 22.7 Å². The van der Waals surface area contributed by atoms with Crippen molar-refractivity contribution in [2.45, 2.75) is 11.4 Å². The van der Waals surface area contributed by atoms with Gasteiger partial charge in [-0.15, -0.1) is 0 Å². The first-order valence-corrected chi connectivity index (χ1v) is 12.1. The Morgan fingerprint density at radius 1 is 1.00 bits per heavy atom. The smallest absolute Gasteiger partial charge is 0.255 e. The lowest BCUT2D eigenvalue weighted by Crippen LogP contribution is -2.23. The molecule has 3 aromatic carbocycles. The molecule has 3 N–H and O–H groups in total. The van der Waals surface area contributed by atoms with Gasteiger partial charge in [0.25, 0.3) is 5.91 Å². The number of primary sulfonamides is 1. The minimum absolute atomic E-state index is 0.00519. The molecule has 0 spiro atoms. The van der Waals surface area contributed by atoms with Crippen LogP contribution in [0.5, 0.6) is 11.5 Å². The average molecular weight is 493 g/mol. The number of amides is 1. The first kappa shape index (κ1) is 24.0. The molecule has 35 heavy (non-hydrogen) atoms.